The van der Waals surface area contributed by atoms with Gasteiger partial charge in [-0.05, 0) is 26.3 Å². The first-order chi connectivity index (χ1) is 8.14. The highest BCUT2D eigenvalue weighted by Gasteiger charge is 2.15. The molecule has 1 N–H and O–H groups in total. The lowest BCUT2D eigenvalue weighted by molar-refractivity contribution is -0.00811. The predicted molar refractivity (Wildman–Crippen MR) is 74.1 cm³/mol. The van der Waals surface area contributed by atoms with Gasteiger partial charge in [0.1, 0.15) is 0 Å². The van der Waals surface area contributed by atoms with Crippen LogP contribution < -0.4 is 5.32 Å². The Labute approximate surface area is 105 Å². The molecule has 0 aliphatic heterocycles. The highest BCUT2D eigenvalue weighted by atomic mass is 16.5. The standard InChI is InChI=1S/C15H23NO/c1-4-17-15(2,3)13-16-12-8-11-14-9-6-5-7-10-14/h5-11,16H,4,12-13H2,1-3H3/b11-8+. The van der Waals surface area contributed by atoms with Crippen molar-refractivity contribution in [3.63, 3.8) is 0 Å². The average molecular weight is 233 g/mol. The van der Waals surface area contributed by atoms with E-state index in [1.807, 2.05) is 25.1 Å². The van der Waals surface area contributed by atoms with Crippen LogP contribution in [0.2, 0.25) is 0 Å². The third kappa shape index (κ3) is 6.25. The van der Waals surface area contributed by atoms with E-state index in [4.69, 9.17) is 4.74 Å². The molecule has 17 heavy (non-hydrogen) atoms. The molecule has 0 saturated carbocycles. The third-order valence-corrected chi connectivity index (χ3v) is 2.46. The molecule has 0 aromatic heterocycles. The molecule has 2 nitrogen and oxygen atoms in total. The molecule has 0 atom stereocenters. The Morgan fingerprint density at radius 1 is 1.24 bits per heavy atom. The van der Waals surface area contributed by atoms with Gasteiger partial charge in [0, 0.05) is 19.7 Å². The molecule has 0 spiro atoms. The van der Waals surface area contributed by atoms with Crippen LogP contribution >= 0.6 is 0 Å². The van der Waals surface area contributed by atoms with Gasteiger partial charge in [-0.15, -0.1) is 0 Å². The minimum atomic E-state index is -0.0880. The van der Waals surface area contributed by atoms with Crippen LogP contribution in [0.1, 0.15) is 26.3 Å². The van der Waals surface area contributed by atoms with Gasteiger partial charge in [-0.25, -0.2) is 0 Å². The zero-order chi connectivity index (χ0) is 12.6. The molecule has 0 fully saturated rings. The quantitative estimate of drug-likeness (QED) is 0.731. The van der Waals surface area contributed by atoms with Crippen molar-refractivity contribution in [2.45, 2.75) is 26.4 Å². The van der Waals surface area contributed by atoms with E-state index in [1.54, 1.807) is 0 Å². The molecule has 0 aliphatic carbocycles. The van der Waals surface area contributed by atoms with Gasteiger partial charge in [-0.2, -0.15) is 0 Å². The molecule has 0 heterocycles. The van der Waals surface area contributed by atoms with Crippen LogP contribution in [-0.4, -0.2) is 25.3 Å². The fourth-order valence-corrected chi connectivity index (χ4v) is 1.66. The number of ether oxygens (including phenoxy) is 1. The number of benzene rings is 1. The third-order valence-electron chi connectivity index (χ3n) is 2.46. The summed E-state index contributed by atoms with van der Waals surface area (Å²) in [7, 11) is 0. The van der Waals surface area contributed by atoms with Crippen molar-refractivity contribution < 1.29 is 4.74 Å². The highest BCUT2D eigenvalue weighted by Crippen LogP contribution is 2.06. The summed E-state index contributed by atoms with van der Waals surface area (Å²) in [6, 6.07) is 10.3. The van der Waals surface area contributed by atoms with Crippen LogP contribution in [0.4, 0.5) is 0 Å². The van der Waals surface area contributed by atoms with Crippen molar-refractivity contribution in [1.29, 1.82) is 0 Å². The fourth-order valence-electron chi connectivity index (χ4n) is 1.66. The second-order valence-corrected chi connectivity index (χ2v) is 4.64. The maximum Gasteiger partial charge on any atom is 0.0750 e. The Bertz CT molecular complexity index is 330. The Kier molecular flexibility index (Phi) is 5.95. The van der Waals surface area contributed by atoms with Gasteiger partial charge in [0.05, 0.1) is 5.60 Å². The largest absolute Gasteiger partial charge is 0.375 e. The second-order valence-electron chi connectivity index (χ2n) is 4.64. The van der Waals surface area contributed by atoms with E-state index in [1.165, 1.54) is 5.56 Å². The highest BCUT2D eigenvalue weighted by molar-refractivity contribution is 5.48. The molecular weight excluding hydrogens is 210 g/mol. The monoisotopic (exact) mass is 233 g/mol. The van der Waals surface area contributed by atoms with Crippen molar-refractivity contribution in [2.24, 2.45) is 0 Å². The fraction of sp³-hybridized carbons (Fsp3) is 0.467. The van der Waals surface area contributed by atoms with Gasteiger partial charge >= 0.3 is 0 Å². The molecule has 0 aliphatic rings. The number of rotatable bonds is 7. The Hall–Kier alpha value is -1.12. The first-order valence-corrected chi connectivity index (χ1v) is 6.20. The summed E-state index contributed by atoms with van der Waals surface area (Å²) in [6.45, 7) is 8.71. The molecule has 1 aromatic rings. The van der Waals surface area contributed by atoms with Crippen LogP contribution in [0.3, 0.4) is 0 Å². The second kappa shape index (κ2) is 7.25. The zero-order valence-electron chi connectivity index (χ0n) is 11.1. The average Bonchev–Trinajstić information content (AvgIpc) is 2.30. The molecule has 2 heteroatoms. The van der Waals surface area contributed by atoms with E-state index in [9.17, 15) is 0 Å². The van der Waals surface area contributed by atoms with Crippen molar-refractivity contribution in [3.05, 3.63) is 42.0 Å². The van der Waals surface area contributed by atoms with E-state index in [-0.39, 0.29) is 5.60 Å². The van der Waals surface area contributed by atoms with E-state index < -0.39 is 0 Å². The lowest BCUT2D eigenvalue weighted by atomic mass is 10.1. The van der Waals surface area contributed by atoms with Crippen molar-refractivity contribution >= 4 is 6.08 Å². The summed E-state index contributed by atoms with van der Waals surface area (Å²) < 4.78 is 5.61. The Balaban J connectivity index is 2.22. The van der Waals surface area contributed by atoms with Crippen LogP contribution in [0, 0.1) is 0 Å². The molecule has 0 amide bonds. The number of nitrogens with one attached hydrogen (secondary N) is 1. The van der Waals surface area contributed by atoms with Crippen LogP contribution in [0.25, 0.3) is 6.08 Å². The van der Waals surface area contributed by atoms with Crippen LogP contribution in [-0.2, 0) is 4.74 Å². The van der Waals surface area contributed by atoms with E-state index in [2.05, 4.69) is 43.4 Å². The SMILES string of the molecule is CCOC(C)(C)CNC/C=C/c1ccccc1. The maximum atomic E-state index is 5.61. The first kappa shape index (κ1) is 13.9. The van der Waals surface area contributed by atoms with E-state index in [0.717, 1.165) is 19.7 Å². The molecular formula is C15H23NO. The topological polar surface area (TPSA) is 21.3 Å². The van der Waals surface area contributed by atoms with Crippen molar-refractivity contribution in [1.82, 2.24) is 5.32 Å². The summed E-state index contributed by atoms with van der Waals surface area (Å²) in [6.07, 6.45) is 4.26. The van der Waals surface area contributed by atoms with Gasteiger partial charge in [-0.3, -0.25) is 0 Å². The zero-order valence-corrected chi connectivity index (χ0v) is 11.1. The lowest BCUT2D eigenvalue weighted by Gasteiger charge is -2.24. The van der Waals surface area contributed by atoms with Crippen LogP contribution in [0.5, 0.6) is 0 Å². The molecule has 0 unspecified atom stereocenters. The summed E-state index contributed by atoms with van der Waals surface area (Å²) in [5.41, 5.74) is 1.15. The Morgan fingerprint density at radius 3 is 2.59 bits per heavy atom. The molecule has 1 rings (SSSR count). The summed E-state index contributed by atoms with van der Waals surface area (Å²) >= 11 is 0. The summed E-state index contributed by atoms with van der Waals surface area (Å²) in [4.78, 5) is 0. The minimum absolute atomic E-state index is 0.0880. The number of hydrogen-bond donors (Lipinski definition) is 1. The number of hydrogen-bond acceptors (Lipinski definition) is 2. The summed E-state index contributed by atoms with van der Waals surface area (Å²) in [5.74, 6) is 0. The molecule has 0 bridgehead atoms. The maximum absolute atomic E-state index is 5.61. The van der Waals surface area contributed by atoms with E-state index >= 15 is 0 Å². The Morgan fingerprint density at radius 2 is 1.94 bits per heavy atom. The molecule has 1 aromatic carbocycles. The first-order valence-electron chi connectivity index (χ1n) is 6.20. The normalized spacial score (nSPS) is 12.2. The molecule has 0 radical (unpaired) electrons. The van der Waals surface area contributed by atoms with Crippen molar-refractivity contribution in [3.8, 4) is 0 Å². The van der Waals surface area contributed by atoms with Crippen molar-refractivity contribution in [2.75, 3.05) is 19.7 Å². The van der Waals surface area contributed by atoms with Gasteiger partial charge in [0.25, 0.3) is 0 Å². The predicted octanol–water partition coefficient (Wildman–Crippen LogP) is 3.10. The van der Waals surface area contributed by atoms with Gasteiger partial charge in [0.15, 0.2) is 0 Å². The summed E-state index contributed by atoms with van der Waals surface area (Å²) in [5, 5.41) is 3.37. The van der Waals surface area contributed by atoms with Gasteiger partial charge < -0.3 is 10.1 Å². The van der Waals surface area contributed by atoms with E-state index in [0.29, 0.717) is 0 Å². The van der Waals surface area contributed by atoms with Gasteiger partial charge in [-0.1, -0.05) is 42.5 Å². The van der Waals surface area contributed by atoms with Crippen LogP contribution in [0.15, 0.2) is 36.4 Å². The minimum Gasteiger partial charge on any atom is -0.375 e. The van der Waals surface area contributed by atoms with Gasteiger partial charge in [0.2, 0.25) is 0 Å². The lowest BCUT2D eigenvalue weighted by Crippen LogP contribution is -2.37. The smallest absolute Gasteiger partial charge is 0.0750 e. The molecule has 0 saturated heterocycles. The molecule has 94 valence electrons.